The van der Waals surface area contributed by atoms with Gasteiger partial charge in [0, 0.05) is 0 Å². The number of benzene rings is 1. The lowest BCUT2D eigenvalue weighted by Gasteiger charge is -2.17. The number of hydrogen-bond acceptors (Lipinski definition) is 2. The van der Waals surface area contributed by atoms with E-state index < -0.39 is 6.10 Å². The molecule has 1 amide bonds. The van der Waals surface area contributed by atoms with Crippen molar-refractivity contribution in [3.63, 3.8) is 0 Å². The number of nitrogens with one attached hydrogen (secondary N) is 1. The highest BCUT2D eigenvalue weighted by atomic mass is 16.3. The molecule has 0 saturated carbocycles. The molecular weight excluding hydrogens is 166 g/mol. The quantitative estimate of drug-likeness (QED) is 0.673. The van der Waals surface area contributed by atoms with Crippen molar-refractivity contribution in [3.05, 3.63) is 35.9 Å². The van der Waals surface area contributed by atoms with Crippen molar-refractivity contribution in [1.82, 2.24) is 5.32 Å². The van der Waals surface area contributed by atoms with E-state index in [1.165, 1.54) is 0 Å². The van der Waals surface area contributed by atoms with E-state index >= 15 is 0 Å². The van der Waals surface area contributed by atoms with Crippen molar-refractivity contribution < 1.29 is 9.90 Å². The zero-order chi connectivity index (χ0) is 9.68. The van der Waals surface area contributed by atoms with Gasteiger partial charge in [-0.15, -0.1) is 0 Å². The molecule has 2 atom stereocenters. The van der Waals surface area contributed by atoms with Crippen LogP contribution in [0.1, 0.15) is 18.6 Å². The van der Waals surface area contributed by atoms with Gasteiger partial charge in [0.05, 0.1) is 12.1 Å². The van der Waals surface area contributed by atoms with Crippen LogP contribution < -0.4 is 5.32 Å². The molecule has 1 aromatic rings. The van der Waals surface area contributed by atoms with Crippen molar-refractivity contribution in [2.45, 2.75) is 19.1 Å². The summed E-state index contributed by atoms with van der Waals surface area (Å²) in [7, 11) is 0. The maximum Gasteiger partial charge on any atom is 0.207 e. The van der Waals surface area contributed by atoms with Crippen LogP contribution in [0, 0.1) is 0 Å². The average Bonchev–Trinajstić information content (AvgIpc) is 2.18. The summed E-state index contributed by atoms with van der Waals surface area (Å²) in [6.45, 7) is 1.76. The maximum atomic E-state index is 10.1. The van der Waals surface area contributed by atoms with Crippen molar-refractivity contribution in [1.29, 1.82) is 0 Å². The minimum Gasteiger partial charge on any atom is -0.386 e. The van der Waals surface area contributed by atoms with E-state index in [1.807, 2.05) is 30.3 Å². The first-order chi connectivity index (χ1) is 6.25. The largest absolute Gasteiger partial charge is 0.386 e. The van der Waals surface area contributed by atoms with Gasteiger partial charge in [-0.3, -0.25) is 4.79 Å². The molecule has 0 aromatic heterocycles. The Morgan fingerprint density at radius 3 is 2.54 bits per heavy atom. The third-order valence-electron chi connectivity index (χ3n) is 1.95. The molecular formula is C10H13NO2. The van der Waals surface area contributed by atoms with Crippen LogP contribution in [0.25, 0.3) is 0 Å². The van der Waals surface area contributed by atoms with E-state index in [-0.39, 0.29) is 6.04 Å². The number of hydrogen-bond donors (Lipinski definition) is 2. The molecule has 0 radical (unpaired) electrons. The molecule has 1 aromatic carbocycles. The molecule has 3 heteroatoms. The summed E-state index contributed by atoms with van der Waals surface area (Å²) >= 11 is 0. The Balaban J connectivity index is 2.67. The van der Waals surface area contributed by atoms with Crippen LogP contribution in [-0.4, -0.2) is 17.6 Å². The van der Waals surface area contributed by atoms with Gasteiger partial charge in [-0.2, -0.15) is 0 Å². The molecule has 0 heterocycles. The van der Waals surface area contributed by atoms with E-state index in [0.717, 1.165) is 5.56 Å². The van der Waals surface area contributed by atoms with E-state index in [1.54, 1.807) is 6.92 Å². The molecule has 0 aliphatic rings. The minimum atomic E-state index is -0.647. The van der Waals surface area contributed by atoms with E-state index in [4.69, 9.17) is 0 Å². The second-order valence-corrected chi connectivity index (χ2v) is 2.93. The summed E-state index contributed by atoms with van der Waals surface area (Å²) in [5.74, 6) is 0. The highest BCUT2D eigenvalue weighted by Crippen LogP contribution is 2.15. The molecule has 0 fully saturated rings. The Kier molecular flexibility index (Phi) is 3.46. The van der Waals surface area contributed by atoms with Crippen molar-refractivity contribution in [2.24, 2.45) is 0 Å². The number of carbonyl (C=O) groups is 1. The Labute approximate surface area is 77.4 Å². The van der Waals surface area contributed by atoms with Crippen LogP contribution in [0.15, 0.2) is 30.3 Å². The Morgan fingerprint density at radius 2 is 2.00 bits per heavy atom. The lowest BCUT2D eigenvalue weighted by Crippen LogP contribution is -2.30. The van der Waals surface area contributed by atoms with Crippen LogP contribution in [0.4, 0.5) is 0 Å². The van der Waals surface area contributed by atoms with Gasteiger partial charge in [0.25, 0.3) is 0 Å². The van der Waals surface area contributed by atoms with E-state index in [9.17, 15) is 9.90 Å². The predicted octanol–water partition coefficient (Wildman–Crippen LogP) is 0.854. The monoisotopic (exact) mass is 179 g/mol. The third kappa shape index (κ3) is 2.56. The smallest absolute Gasteiger partial charge is 0.207 e. The summed E-state index contributed by atoms with van der Waals surface area (Å²) in [6.07, 6.45) is -0.0528. The summed E-state index contributed by atoms with van der Waals surface area (Å²) in [4.78, 5) is 10.1. The molecule has 13 heavy (non-hydrogen) atoms. The second kappa shape index (κ2) is 4.62. The van der Waals surface area contributed by atoms with Crippen molar-refractivity contribution in [3.8, 4) is 0 Å². The number of carbonyl (C=O) groups excluding carboxylic acids is 1. The van der Waals surface area contributed by atoms with Gasteiger partial charge in [0.15, 0.2) is 0 Å². The van der Waals surface area contributed by atoms with Gasteiger partial charge >= 0.3 is 0 Å². The molecule has 2 unspecified atom stereocenters. The highest BCUT2D eigenvalue weighted by molar-refractivity contribution is 5.46. The summed E-state index contributed by atoms with van der Waals surface area (Å²) in [5.41, 5.74) is 0.810. The fraction of sp³-hybridized carbons (Fsp3) is 0.300. The van der Waals surface area contributed by atoms with Gasteiger partial charge in [0.2, 0.25) is 6.41 Å². The number of aliphatic hydroxyl groups is 1. The Bertz CT molecular complexity index is 261. The highest BCUT2D eigenvalue weighted by Gasteiger charge is 2.14. The van der Waals surface area contributed by atoms with Gasteiger partial charge in [-0.05, 0) is 12.5 Å². The average molecular weight is 179 g/mol. The summed E-state index contributed by atoms with van der Waals surface area (Å²) in [6, 6.07) is 8.98. The standard InChI is InChI=1S/C10H13NO2/c1-8(11-7-12)10(13)9-5-3-2-4-6-9/h2-8,10,13H,1H3,(H,11,12). The molecule has 2 N–H and O–H groups in total. The lowest BCUT2D eigenvalue weighted by atomic mass is 10.0. The van der Waals surface area contributed by atoms with Crippen molar-refractivity contribution >= 4 is 6.41 Å². The minimum absolute atomic E-state index is 0.264. The fourth-order valence-corrected chi connectivity index (χ4v) is 1.14. The molecule has 3 nitrogen and oxygen atoms in total. The number of rotatable bonds is 4. The summed E-state index contributed by atoms with van der Waals surface area (Å²) in [5, 5.41) is 12.2. The van der Waals surface area contributed by atoms with Crippen LogP contribution in [0.3, 0.4) is 0 Å². The SMILES string of the molecule is CC(NC=O)C(O)c1ccccc1. The molecule has 70 valence electrons. The first kappa shape index (κ1) is 9.74. The van der Waals surface area contributed by atoms with Gasteiger partial charge in [-0.1, -0.05) is 30.3 Å². The Morgan fingerprint density at radius 1 is 1.38 bits per heavy atom. The van der Waals surface area contributed by atoms with Crippen LogP contribution in [-0.2, 0) is 4.79 Å². The van der Waals surface area contributed by atoms with Gasteiger partial charge < -0.3 is 10.4 Å². The molecule has 0 saturated heterocycles. The second-order valence-electron chi connectivity index (χ2n) is 2.93. The van der Waals surface area contributed by atoms with Crippen LogP contribution in [0.5, 0.6) is 0 Å². The Hall–Kier alpha value is -1.35. The number of aliphatic hydroxyl groups excluding tert-OH is 1. The fourth-order valence-electron chi connectivity index (χ4n) is 1.14. The maximum absolute atomic E-state index is 10.1. The zero-order valence-corrected chi connectivity index (χ0v) is 7.47. The van der Waals surface area contributed by atoms with Gasteiger partial charge in [-0.25, -0.2) is 0 Å². The van der Waals surface area contributed by atoms with E-state index in [2.05, 4.69) is 5.32 Å². The molecule has 0 aliphatic heterocycles. The lowest BCUT2D eigenvalue weighted by molar-refractivity contribution is -0.110. The number of amides is 1. The predicted molar refractivity (Wildman–Crippen MR) is 50.1 cm³/mol. The van der Waals surface area contributed by atoms with Crippen LogP contribution >= 0.6 is 0 Å². The van der Waals surface area contributed by atoms with E-state index in [0.29, 0.717) is 6.41 Å². The molecule has 0 spiro atoms. The first-order valence-corrected chi connectivity index (χ1v) is 4.18. The van der Waals surface area contributed by atoms with Crippen LogP contribution in [0.2, 0.25) is 0 Å². The molecule has 0 aliphatic carbocycles. The topological polar surface area (TPSA) is 49.3 Å². The normalized spacial score (nSPS) is 14.6. The summed E-state index contributed by atoms with van der Waals surface area (Å²) < 4.78 is 0. The van der Waals surface area contributed by atoms with Crippen molar-refractivity contribution in [2.75, 3.05) is 0 Å². The third-order valence-corrected chi connectivity index (χ3v) is 1.95. The zero-order valence-electron chi connectivity index (χ0n) is 7.47. The van der Waals surface area contributed by atoms with Gasteiger partial charge in [0.1, 0.15) is 0 Å². The molecule has 1 rings (SSSR count). The molecule has 0 bridgehead atoms. The first-order valence-electron chi connectivity index (χ1n) is 4.18.